The van der Waals surface area contributed by atoms with Crippen LogP contribution in [0.2, 0.25) is 5.02 Å². The van der Waals surface area contributed by atoms with Gasteiger partial charge < -0.3 is 9.13 Å². The van der Waals surface area contributed by atoms with Crippen molar-refractivity contribution in [3.63, 3.8) is 0 Å². The van der Waals surface area contributed by atoms with E-state index in [1.54, 1.807) is 25.2 Å². The first-order valence-electron chi connectivity index (χ1n) is 9.45. The first kappa shape index (κ1) is 21.3. The number of nitrogens with zero attached hydrogens (tertiary/aromatic N) is 4. The molecule has 4 rings (SSSR count). The quantitative estimate of drug-likeness (QED) is 0.508. The molecular formula is C22H17BrClFN4O2. The van der Waals surface area contributed by atoms with E-state index < -0.39 is 17.4 Å². The number of anilines is 1. The van der Waals surface area contributed by atoms with Crippen molar-refractivity contribution in [1.82, 2.24) is 9.13 Å². The zero-order valence-electron chi connectivity index (χ0n) is 16.9. The molecule has 0 saturated heterocycles. The van der Waals surface area contributed by atoms with Crippen LogP contribution in [-0.4, -0.2) is 15.0 Å². The highest BCUT2D eigenvalue weighted by Crippen LogP contribution is 2.44. The maximum atomic E-state index is 14.5. The lowest BCUT2D eigenvalue weighted by molar-refractivity contribution is 0.0993. The summed E-state index contributed by atoms with van der Waals surface area (Å²) in [5.41, 5.74) is 1.09. The molecule has 0 spiro atoms. The SMILES string of the molecule is CC(C)n1c(Br)cc2c1C(c1ccc(C#N)c(F)c1)N(c1cc(Cl)cn(C)c1=O)C2=O. The Labute approximate surface area is 191 Å². The standard InChI is InChI=1S/C22H17BrClFN4O2/c1-11(2)28-18(23)8-15-20(28)19(12-4-5-13(9-26)16(25)6-12)29(21(15)30)17-7-14(24)10-27(3)22(17)31/h4-8,10-11,19H,1-3H3. The number of halogens is 3. The van der Waals surface area contributed by atoms with Crippen LogP contribution in [0.5, 0.6) is 0 Å². The van der Waals surface area contributed by atoms with Gasteiger partial charge in [-0.05, 0) is 59.6 Å². The van der Waals surface area contributed by atoms with E-state index in [0.717, 1.165) is 0 Å². The van der Waals surface area contributed by atoms with E-state index in [0.29, 0.717) is 26.4 Å². The molecule has 0 N–H and O–H groups in total. The second-order valence-electron chi connectivity index (χ2n) is 7.62. The van der Waals surface area contributed by atoms with Gasteiger partial charge in [0.05, 0.1) is 26.4 Å². The Hall–Kier alpha value is -2.89. The number of rotatable bonds is 3. The van der Waals surface area contributed by atoms with E-state index in [9.17, 15) is 14.0 Å². The van der Waals surface area contributed by atoms with Gasteiger partial charge in [-0.1, -0.05) is 17.7 Å². The zero-order chi connectivity index (χ0) is 22.6. The van der Waals surface area contributed by atoms with Gasteiger partial charge in [0, 0.05) is 19.3 Å². The average molecular weight is 504 g/mol. The number of hydrogen-bond donors (Lipinski definition) is 0. The molecule has 1 unspecified atom stereocenters. The van der Waals surface area contributed by atoms with Crippen LogP contribution >= 0.6 is 27.5 Å². The second kappa shape index (κ2) is 7.66. The molecule has 3 aromatic rings. The summed E-state index contributed by atoms with van der Waals surface area (Å²) in [6, 6.07) is 8.37. The maximum Gasteiger partial charge on any atom is 0.274 e. The molecule has 31 heavy (non-hydrogen) atoms. The molecule has 1 atom stereocenters. The molecule has 6 nitrogen and oxygen atoms in total. The molecule has 0 aliphatic carbocycles. The smallest absolute Gasteiger partial charge is 0.274 e. The van der Waals surface area contributed by atoms with Crippen LogP contribution in [0.25, 0.3) is 0 Å². The third-order valence-electron chi connectivity index (χ3n) is 5.33. The summed E-state index contributed by atoms with van der Waals surface area (Å²) in [5.74, 6) is -1.08. The van der Waals surface area contributed by atoms with E-state index in [1.165, 1.54) is 33.9 Å². The van der Waals surface area contributed by atoms with Crippen LogP contribution in [0.15, 0.2) is 45.9 Å². The number of nitriles is 1. The highest BCUT2D eigenvalue weighted by Gasteiger charge is 2.44. The number of aromatic nitrogens is 2. The molecule has 2 aromatic heterocycles. The van der Waals surface area contributed by atoms with Gasteiger partial charge in [0.1, 0.15) is 23.6 Å². The van der Waals surface area contributed by atoms with E-state index in [4.69, 9.17) is 16.9 Å². The predicted molar refractivity (Wildman–Crippen MR) is 119 cm³/mol. The number of carbonyl (C=O) groups is 1. The third-order valence-corrected chi connectivity index (χ3v) is 6.15. The fourth-order valence-corrected chi connectivity index (χ4v) is 5.11. The lowest BCUT2D eigenvalue weighted by Crippen LogP contribution is -2.35. The normalized spacial score (nSPS) is 15.5. The van der Waals surface area contributed by atoms with Gasteiger partial charge in [-0.15, -0.1) is 0 Å². The minimum absolute atomic E-state index is 0.0150. The Balaban J connectivity index is 2.04. The number of benzene rings is 1. The second-order valence-corrected chi connectivity index (χ2v) is 8.87. The van der Waals surface area contributed by atoms with Crippen molar-refractivity contribution in [3.05, 3.63) is 84.7 Å². The van der Waals surface area contributed by atoms with E-state index in [-0.39, 0.29) is 23.2 Å². The lowest BCUT2D eigenvalue weighted by atomic mass is 10.0. The van der Waals surface area contributed by atoms with Crippen molar-refractivity contribution in [3.8, 4) is 6.07 Å². The molecule has 9 heteroatoms. The molecule has 1 aliphatic rings. The predicted octanol–water partition coefficient (Wildman–Crippen LogP) is 4.94. The third kappa shape index (κ3) is 3.29. The molecule has 0 radical (unpaired) electrons. The van der Waals surface area contributed by atoms with Crippen molar-refractivity contribution in [1.29, 1.82) is 5.26 Å². The molecular weight excluding hydrogens is 487 g/mol. The Kier molecular flexibility index (Phi) is 5.28. The molecule has 0 bridgehead atoms. The van der Waals surface area contributed by atoms with Crippen molar-refractivity contribution in [2.75, 3.05) is 4.90 Å². The molecule has 1 amide bonds. The first-order valence-corrected chi connectivity index (χ1v) is 10.6. The van der Waals surface area contributed by atoms with Gasteiger partial charge in [-0.2, -0.15) is 5.26 Å². The number of fused-ring (bicyclic) bond motifs is 1. The number of amides is 1. The highest BCUT2D eigenvalue weighted by atomic mass is 79.9. The minimum Gasteiger partial charge on any atom is -0.334 e. The molecule has 3 heterocycles. The summed E-state index contributed by atoms with van der Waals surface area (Å²) >= 11 is 9.70. The van der Waals surface area contributed by atoms with Crippen molar-refractivity contribution in [2.24, 2.45) is 7.05 Å². The van der Waals surface area contributed by atoms with Gasteiger partial charge in [-0.25, -0.2) is 4.39 Å². The Bertz CT molecular complexity index is 1340. The summed E-state index contributed by atoms with van der Waals surface area (Å²) in [5, 5.41) is 9.39. The number of hydrogen-bond acceptors (Lipinski definition) is 3. The van der Waals surface area contributed by atoms with Crippen molar-refractivity contribution < 1.29 is 9.18 Å². The fraction of sp³-hybridized carbons (Fsp3) is 0.227. The Morgan fingerprint density at radius 1 is 1.23 bits per heavy atom. The van der Waals surface area contributed by atoms with Gasteiger partial charge in [0.25, 0.3) is 11.5 Å². The Morgan fingerprint density at radius 2 is 1.94 bits per heavy atom. The summed E-state index contributed by atoms with van der Waals surface area (Å²) in [7, 11) is 1.55. The molecule has 158 valence electrons. The van der Waals surface area contributed by atoms with E-state index >= 15 is 0 Å². The summed E-state index contributed by atoms with van der Waals surface area (Å²) in [6.45, 7) is 3.93. The summed E-state index contributed by atoms with van der Waals surface area (Å²) in [6.07, 6.45) is 1.46. The number of pyridine rings is 1. The highest BCUT2D eigenvalue weighted by molar-refractivity contribution is 9.10. The van der Waals surface area contributed by atoms with Crippen LogP contribution in [0.3, 0.4) is 0 Å². The van der Waals surface area contributed by atoms with Crippen molar-refractivity contribution >= 4 is 39.1 Å². The van der Waals surface area contributed by atoms with Gasteiger partial charge in [-0.3, -0.25) is 14.5 Å². The topological polar surface area (TPSA) is 71.0 Å². The number of carbonyl (C=O) groups excluding carboxylic acids is 1. The molecule has 1 aromatic carbocycles. The monoisotopic (exact) mass is 502 g/mol. The molecule has 0 saturated carbocycles. The first-order chi connectivity index (χ1) is 14.6. The van der Waals surface area contributed by atoms with Crippen LogP contribution in [0.1, 0.15) is 53.1 Å². The van der Waals surface area contributed by atoms with Gasteiger partial charge in [0.2, 0.25) is 0 Å². The van der Waals surface area contributed by atoms with Crippen LogP contribution in [-0.2, 0) is 7.05 Å². The maximum absolute atomic E-state index is 14.5. The number of aryl methyl sites for hydroxylation is 1. The van der Waals surface area contributed by atoms with Crippen LogP contribution in [0, 0.1) is 17.1 Å². The summed E-state index contributed by atoms with van der Waals surface area (Å²) < 4.78 is 18.5. The largest absolute Gasteiger partial charge is 0.334 e. The zero-order valence-corrected chi connectivity index (χ0v) is 19.2. The Morgan fingerprint density at radius 3 is 2.55 bits per heavy atom. The van der Waals surface area contributed by atoms with Gasteiger partial charge >= 0.3 is 0 Å². The lowest BCUT2D eigenvalue weighted by Gasteiger charge is -2.28. The molecule has 1 aliphatic heterocycles. The van der Waals surface area contributed by atoms with Gasteiger partial charge in [0.15, 0.2) is 0 Å². The van der Waals surface area contributed by atoms with Crippen LogP contribution < -0.4 is 10.5 Å². The van der Waals surface area contributed by atoms with E-state index in [1.807, 2.05) is 18.4 Å². The summed E-state index contributed by atoms with van der Waals surface area (Å²) in [4.78, 5) is 27.8. The van der Waals surface area contributed by atoms with Crippen LogP contribution in [0.4, 0.5) is 10.1 Å². The van der Waals surface area contributed by atoms with Crippen molar-refractivity contribution in [2.45, 2.75) is 25.9 Å². The van der Waals surface area contributed by atoms with E-state index in [2.05, 4.69) is 15.9 Å². The fourth-order valence-electron chi connectivity index (χ4n) is 4.03. The minimum atomic E-state index is -0.774. The average Bonchev–Trinajstić information content (AvgIpc) is 3.17. The molecule has 0 fully saturated rings.